The normalized spacial score (nSPS) is 31.5. The fraction of sp³-hybridized carbons (Fsp3) is 1.00. The Hall–Kier alpha value is 1.38. The molecule has 2 nitrogen and oxygen atoms in total. The van der Waals surface area contributed by atoms with Crippen LogP contribution in [0.25, 0.3) is 0 Å². The van der Waals surface area contributed by atoms with Crippen LogP contribution in [-0.4, -0.2) is 61.3 Å². The van der Waals surface area contributed by atoms with Crippen molar-refractivity contribution in [2.24, 2.45) is 0 Å². The standard InChI is InChI=1S/C16H34N2.2HI/c1-3-5-7-9-17-11-14-18(15-12-17,16-13-17)10-8-6-4-2;;/h3-16H2,1-2H3;2*1H/q+2;;/p-2. The molecular weight excluding hydrogens is 474 g/mol. The van der Waals surface area contributed by atoms with Gasteiger partial charge in [-0.2, -0.15) is 0 Å². The average Bonchev–Trinajstić information content (AvgIpc) is 2.42. The zero-order chi connectivity index (χ0) is 12.9. The molecule has 20 heavy (non-hydrogen) atoms. The molecule has 0 spiro atoms. The molecule has 0 N–H and O–H groups in total. The Morgan fingerprint density at radius 2 is 0.850 bits per heavy atom. The third-order valence-corrected chi connectivity index (χ3v) is 5.62. The lowest BCUT2D eigenvalue weighted by Crippen LogP contribution is -3.00. The van der Waals surface area contributed by atoms with Crippen LogP contribution in [0, 0.1) is 0 Å². The molecule has 0 amide bonds. The van der Waals surface area contributed by atoms with Gasteiger partial charge in [-0.1, -0.05) is 26.7 Å². The van der Waals surface area contributed by atoms with E-state index in [0.29, 0.717) is 0 Å². The van der Waals surface area contributed by atoms with Crippen LogP contribution in [-0.2, 0) is 0 Å². The van der Waals surface area contributed by atoms with Gasteiger partial charge in [-0.15, -0.1) is 0 Å². The highest BCUT2D eigenvalue weighted by Gasteiger charge is 2.47. The zero-order valence-electron chi connectivity index (χ0n) is 13.5. The molecule has 0 radical (unpaired) electrons. The smallest absolute Gasteiger partial charge is 0.129 e. The summed E-state index contributed by atoms with van der Waals surface area (Å²) in [5.74, 6) is 0. The third kappa shape index (κ3) is 5.54. The lowest BCUT2D eigenvalue weighted by Gasteiger charge is -2.55. The van der Waals surface area contributed by atoms with Crippen LogP contribution >= 0.6 is 0 Å². The van der Waals surface area contributed by atoms with Gasteiger partial charge in [-0.05, 0) is 25.7 Å². The number of fused-ring (bicyclic) bond motifs is 3. The Labute approximate surface area is 160 Å². The molecule has 0 saturated carbocycles. The van der Waals surface area contributed by atoms with Gasteiger partial charge < -0.3 is 56.9 Å². The van der Waals surface area contributed by atoms with Crippen LogP contribution in [0.2, 0.25) is 0 Å². The molecule has 0 aromatic rings. The van der Waals surface area contributed by atoms with Crippen LogP contribution in [0.4, 0.5) is 0 Å². The van der Waals surface area contributed by atoms with E-state index in [9.17, 15) is 0 Å². The third-order valence-electron chi connectivity index (χ3n) is 5.62. The topological polar surface area (TPSA) is 0 Å². The minimum atomic E-state index is 0. The molecule has 3 saturated heterocycles. The first kappa shape index (κ1) is 21.4. The maximum Gasteiger partial charge on any atom is 0.129 e. The number of nitrogens with zero attached hydrogens (tertiary/aromatic N) is 2. The molecule has 3 fully saturated rings. The molecule has 0 aromatic heterocycles. The summed E-state index contributed by atoms with van der Waals surface area (Å²) in [6.45, 7) is 16.5. The van der Waals surface area contributed by atoms with Gasteiger partial charge in [0.05, 0.1) is 13.1 Å². The van der Waals surface area contributed by atoms with E-state index in [2.05, 4.69) is 13.8 Å². The number of halogens is 2. The Morgan fingerprint density at radius 1 is 0.550 bits per heavy atom. The second kappa shape index (κ2) is 10.2. The van der Waals surface area contributed by atoms with Crippen molar-refractivity contribution in [1.29, 1.82) is 0 Å². The quantitative estimate of drug-likeness (QED) is 0.187. The summed E-state index contributed by atoms with van der Waals surface area (Å²) in [6.07, 6.45) is 8.56. The fourth-order valence-electron chi connectivity index (χ4n) is 4.01. The predicted molar refractivity (Wildman–Crippen MR) is 78.5 cm³/mol. The van der Waals surface area contributed by atoms with E-state index in [4.69, 9.17) is 0 Å². The molecule has 2 bridgehead atoms. The molecule has 4 heteroatoms. The van der Waals surface area contributed by atoms with Crippen LogP contribution in [0.3, 0.4) is 0 Å². The van der Waals surface area contributed by atoms with Crippen molar-refractivity contribution in [3.63, 3.8) is 0 Å². The van der Waals surface area contributed by atoms with Crippen molar-refractivity contribution in [3.8, 4) is 0 Å². The summed E-state index contributed by atoms with van der Waals surface area (Å²) in [5, 5.41) is 0. The fourth-order valence-corrected chi connectivity index (χ4v) is 4.01. The molecule has 122 valence electrons. The highest BCUT2D eigenvalue weighted by atomic mass is 127. The van der Waals surface area contributed by atoms with Gasteiger partial charge in [-0.25, -0.2) is 0 Å². The van der Waals surface area contributed by atoms with E-state index in [1.54, 1.807) is 0 Å². The maximum atomic E-state index is 2.32. The molecule has 3 rings (SSSR count). The molecule has 3 aliphatic rings. The largest absolute Gasteiger partial charge is 1.00 e. The van der Waals surface area contributed by atoms with Gasteiger partial charge in [0, 0.05) is 0 Å². The number of hydrogen-bond donors (Lipinski definition) is 0. The van der Waals surface area contributed by atoms with Gasteiger partial charge in [0.2, 0.25) is 0 Å². The summed E-state index contributed by atoms with van der Waals surface area (Å²) < 4.78 is 2.96. The summed E-state index contributed by atoms with van der Waals surface area (Å²) in [6, 6.07) is 0. The van der Waals surface area contributed by atoms with E-state index in [1.807, 2.05) is 0 Å². The molecule has 0 atom stereocenters. The van der Waals surface area contributed by atoms with Crippen molar-refractivity contribution < 1.29 is 56.9 Å². The summed E-state index contributed by atoms with van der Waals surface area (Å²) >= 11 is 0. The van der Waals surface area contributed by atoms with Crippen molar-refractivity contribution in [3.05, 3.63) is 0 Å². The monoisotopic (exact) mass is 508 g/mol. The van der Waals surface area contributed by atoms with Crippen LogP contribution < -0.4 is 48.0 Å². The first-order valence-electron chi connectivity index (χ1n) is 8.44. The Bertz CT molecular complexity index is 208. The lowest BCUT2D eigenvalue weighted by atomic mass is 10.0. The van der Waals surface area contributed by atoms with Crippen molar-refractivity contribution in [2.45, 2.75) is 52.4 Å². The number of rotatable bonds is 8. The molecule has 0 aromatic carbocycles. The van der Waals surface area contributed by atoms with Crippen LogP contribution in [0.15, 0.2) is 0 Å². The summed E-state index contributed by atoms with van der Waals surface area (Å²) in [4.78, 5) is 0. The van der Waals surface area contributed by atoms with Crippen molar-refractivity contribution in [1.82, 2.24) is 0 Å². The van der Waals surface area contributed by atoms with Gasteiger partial charge in [0.1, 0.15) is 39.3 Å². The maximum absolute atomic E-state index is 2.32. The number of piperazine rings is 3. The minimum Gasteiger partial charge on any atom is -1.00 e. The lowest BCUT2D eigenvalue weighted by molar-refractivity contribution is -1.08. The average molecular weight is 508 g/mol. The molecule has 0 unspecified atom stereocenters. The molecule has 3 heterocycles. The second-order valence-electron chi connectivity index (χ2n) is 6.89. The van der Waals surface area contributed by atoms with Crippen molar-refractivity contribution in [2.75, 3.05) is 52.4 Å². The number of hydrogen-bond acceptors (Lipinski definition) is 0. The Balaban J connectivity index is 0.00000180. The summed E-state index contributed by atoms with van der Waals surface area (Å²) in [5.41, 5.74) is 0. The van der Waals surface area contributed by atoms with Gasteiger partial charge in [-0.3, -0.25) is 0 Å². The van der Waals surface area contributed by atoms with E-state index < -0.39 is 0 Å². The van der Waals surface area contributed by atoms with Crippen LogP contribution in [0.1, 0.15) is 52.4 Å². The Kier molecular flexibility index (Phi) is 10.9. The van der Waals surface area contributed by atoms with Crippen LogP contribution in [0.5, 0.6) is 0 Å². The van der Waals surface area contributed by atoms with E-state index in [0.717, 1.165) is 0 Å². The predicted octanol–water partition coefficient (Wildman–Crippen LogP) is -2.96. The SMILES string of the molecule is CCCCC[N+]12CC[N+](CCCCC)(CC1)CC2.[I-].[I-]. The van der Waals surface area contributed by atoms with Crippen molar-refractivity contribution >= 4 is 0 Å². The number of quaternary nitrogens is 2. The second-order valence-corrected chi connectivity index (χ2v) is 6.89. The Morgan fingerprint density at radius 3 is 1.10 bits per heavy atom. The number of unbranched alkanes of at least 4 members (excludes halogenated alkanes) is 4. The molecular formula is C16H34I2N2. The molecule has 0 aliphatic carbocycles. The van der Waals surface area contributed by atoms with Gasteiger partial charge >= 0.3 is 0 Å². The zero-order valence-corrected chi connectivity index (χ0v) is 17.9. The molecule has 3 aliphatic heterocycles. The highest BCUT2D eigenvalue weighted by Crippen LogP contribution is 2.27. The highest BCUT2D eigenvalue weighted by molar-refractivity contribution is 4.62. The van der Waals surface area contributed by atoms with Gasteiger partial charge in [0.15, 0.2) is 0 Å². The first-order chi connectivity index (χ1) is 8.74. The van der Waals surface area contributed by atoms with E-state index in [-0.39, 0.29) is 48.0 Å². The summed E-state index contributed by atoms with van der Waals surface area (Å²) in [7, 11) is 0. The van der Waals surface area contributed by atoms with E-state index >= 15 is 0 Å². The van der Waals surface area contributed by atoms with Gasteiger partial charge in [0.25, 0.3) is 0 Å². The van der Waals surface area contributed by atoms with E-state index in [1.165, 1.54) is 99.8 Å². The first-order valence-corrected chi connectivity index (χ1v) is 8.44. The minimum absolute atomic E-state index is 0.